The van der Waals surface area contributed by atoms with E-state index in [-0.39, 0.29) is 11.8 Å². The van der Waals surface area contributed by atoms with E-state index < -0.39 is 0 Å². The lowest BCUT2D eigenvalue weighted by atomic mass is 9.99. The number of hydrogen-bond acceptors (Lipinski definition) is 3. The summed E-state index contributed by atoms with van der Waals surface area (Å²) in [7, 11) is 0. The number of nitrogens with one attached hydrogen (secondary N) is 1. The Hall–Kier alpha value is -0.610. The van der Waals surface area contributed by atoms with Gasteiger partial charge in [-0.3, -0.25) is 9.69 Å². The summed E-state index contributed by atoms with van der Waals surface area (Å²) in [5, 5.41) is 3.44. The number of likely N-dealkylation sites (tertiary alicyclic amines) is 1. The lowest BCUT2D eigenvalue weighted by Gasteiger charge is -2.27. The van der Waals surface area contributed by atoms with Gasteiger partial charge in [-0.1, -0.05) is 13.3 Å². The lowest BCUT2D eigenvalue weighted by Crippen LogP contribution is -2.40. The van der Waals surface area contributed by atoms with Gasteiger partial charge in [-0.15, -0.1) is 0 Å². The minimum absolute atomic E-state index is 0.0862. The number of rotatable bonds is 3. The summed E-state index contributed by atoms with van der Waals surface area (Å²) in [6, 6.07) is 0.624. The van der Waals surface area contributed by atoms with Crippen molar-refractivity contribution in [3.63, 3.8) is 0 Å². The van der Waals surface area contributed by atoms with Gasteiger partial charge in [0.15, 0.2) is 0 Å². The first-order chi connectivity index (χ1) is 7.22. The van der Waals surface area contributed by atoms with Crippen molar-refractivity contribution in [2.45, 2.75) is 25.8 Å². The Bertz CT molecular complexity index is 244. The number of nitrogens with two attached hydrogens (primary N) is 1. The van der Waals surface area contributed by atoms with Crippen LogP contribution in [0.2, 0.25) is 0 Å². The van der Waals surface area contributed by atoms with Gasteiger partial charge in [0.2, 0.25) is 5.91 Å². The maximum absolute atomic E-state index is 11.1. The first kappa shape index (κ1) is 10.9. The van der Waals surface area contributed by atoms with Crippen LogP contribution in [0.25, 0.3) is 0 Å². The average Bonchev–Trinajstić information content (AvgIpc) is 2.85. The molecule has 2 saturated heterocycles. The van der Waals surface area contributed by atoms with Crippen LogP contribution >= 0.6 is 0 Å². The molecule has 4 heteroatoms. The van der Waals surface area contributed by atoms with Gasteiger partial charge in [-0.2, -0.15) is 0 Å². The van der Waals surface area contributed by atoms with Crippen LogP contribution in [0.3, 0.4) is 0 Å². The molecule has 2 heterocycles. The van der Waals surface area contributed by atoms with E-state index in [4.69, 9.17) is 5.73 Å². The number of amides is 1. The van der Waals surface area contributed by atoms with Crippen LogP contribution < -0.4 is 11.1 Å². The molecule has 2 fully saturated rings. The zero-order valence-electron chi connectivity index (χ0n) is 9.41. The highest BCUT2D eigenvalue weighted by molar-refractivity contribution is 5.77. The van der Waals surface area contributed by atoms with Crippen molar-refractivity contribution >= 4 is 5.91 Å². The highest BCUT2D eigenvalue weighted by Crippen LogP contribution is 2.25. The van der Waals surface area contributed by atoms with Crippen molar-refractivity contribution in [3.8, 4) is 0 Å². The second-order valence-corrected chi connectivity index (χ2v) is 4.78. The van der Waals surface area contributed by atoms with E-state index in [1.807, 2.05) is 0 Å². The monoisotopic (exact) mass is 211 g/mol. The predicted octanol–water partition coefficient (Wildman–Crippen LogP) is -0.208. The second kappa shape index (κ2) is 4.49. The van der Waals surface area contributed by atoms with Crippen LogP contribution in [0.5, 0.6) is 0 Å². The molecule has 2 aliphatic heterocycles. The Morgan fingerprint density at radius 1 is 1.53 bits per heavy atom. The summed E-state index contributed by atoms with van der Waals surface area (Å²) in [4.78, 5) is 13.5. The fourth-order valence-electron chi connectivity index (χ4n) is 2.88. The third-order valence-corrected chi connectivity index (χ3v) is 3.92. The zero-order valence-corrected chi connectivity index (χ0v) is 9.41. The standard InChI is InChI=1S/C11H21N3O/c1-2-8-5-13-6-10(8)14-4-3-9(7-14)11(12)15/h8-10,13H,2-7H2,1H3,(H2,12,15). The zero-order chi connectivity index (χ0) is 10.8. The minimum Gasteiger partial charge on any atom is -0.369 e. The molecule has 2 aliphatic rings. The number of carbonyl (C=O) groups is 1. The van der Waals surface area contributed by atoms with Gasteiger partial charge in [0.05, 0.1) is 5.92 Å². The molecule has 0 aliphatic carbocycles. The molecule has 2 rings (SSSR count). The van der Waals surface area contributed by atoms with E-state index in [1.165, 1.54) is 6.42 Å². The maximum Gasteiger partial charge on any atom is 0.221 e. The molecular weight excluding hydrogens is 190 g/mol. The van der Waals surface area contributed by atoms with Crippen molar-refractivity contribution in [1.82, 2.24) is 10.2 Å². The third kappa shape index (κ3) is 2.16. The minimum atomic E-state index is -0.128. The van der Waals surface area contributed by atoms with E-state index in [1.54, 1.807) is 0 Å². The van der Waals surface area contributed by atoms with Gasteiger partial charge in [-0.25, -0.2) is 0 Å². The quantitative estimate of drug-likeness (QED) is 0.679. The Kier molecular flexibility index (Phi) is 3.26. The molecule has 3 unspecified atom stereocenters. The molecule has 0 aromatic heterocycles. The number of carbonyl (C=O) groups excluding carboxylic acids is 1. The molecule has 0 radical (unpaired) electrons. The van der Waals surface area contributed by atoms with Crippen LogP contribution in [0, 0.1) is 11.8 Å². The normalized spacial score (nSPS) is 37.3. The molecule has 4 nitrogen and oxygen atoms in total. The number of nitrogens with zero attached hydrogens (tertiary/aromatic N) is 1. The Labute approximate surface area is 91.2 Å². The van der Waals surface area contributed by atoms with E-state index in [0.29, 0.717) is 6.04 Å². The van der Waals surface area contributed by atoms with Crippen molar-refractivity contribution in [1.29, 1.82) is 0 Å². The Morgan fingerprint density at radius 3 is 2.93 bits per heavy atom. The van der Waals surface area contributed by atoms with Crippen LogP contribution in [0.15, 0.2) is 0 Å². The van der Waals surface area contributed by atoms with Gasteiger partial charge in [0, 0.05) is 19.1 Å². The van der Waals surface area contributed by atoms with Crippen molar-refractivity contribution in [3.05, 3.63) is 0 Å². The third-order valence-electron chi connectivity index (χ3n) is 3.92. The largest absolute Gasteiger partial charge is 0.369 e. The topological polar surface area (TPSA) is 58.4 Å². The molecule has 0 bridgehead atoms. The second-order valence-electron chi connectivity index (χ2n) is 4.78. The van der Waals surface area contributed by atoms with E-state index in [2.05, 4.69) is 17.1 Å². The van der Waals surface area contributed by atoms with Crippen LogP contribution in [0.4, 0.5) is 0 Å². The Balaban J connectivity index is 1.92. The van der Waals surface area contributed by atoms with Gasteiger partial charge in [0.1, 0.15) is 0 Å². The average molecular weight is 211 g/mol. The van der Waals surface area contributed by atoms with Crippen LogP contribution in [-0.2, 0) is 4.79 Å². The molecule has 3 N–H and O–H groups in total. The van der Waals surface area contributed by atoms with Gasteiger partial charge in [-0.05, 0) is 25.4 Å². The van der Waals surface area contributed by atoms with Crippen molar-refractivity contribution < 1.29 is 4.79 Å². The maximum atomic E-state index is 11.1. The SMILES string of the molecule is CCC1CNCC1N1CCC(C(N)=O)C1. The molecule has 86 valence electrons. The molecular formula is C11H21N3O. The molecule has 0 aromatic rings. The molecule has 1 amide bonds. The van der Waals surface area contributed by atoms with E-state index >= 15 is 0 Å². The fourth-order valence-corrected chi connectivity index (χ4v) is 2.88. The smallest absolute Gasteiger partial charge is 0.221 e. The van der Waals surface area contributed by atoms with E-state index in [0.717, 1.165) is 38.5 Å². The van der Waals surface area contributed by atoms with Gasteiger partial charge in [0.25, 0.3) is 0 Å². The van der Waals surface area contributed by atoms with Gasteiger partial charge >= 0.3 is 0 Å². The molecule has 15 heavy (non-hydrogen) atoms. The van der Waals surface area contributed by atoms with Crippen LogP contribution in [0.1, 0.15) is 19.8 Å². The number of primary amides is 1. The predicted molar refractivity (Wildman–Crippen MR) is 59.3 cm³/mol. The molecule has 0 saturated carbocycles. The number of hydrogen-bond donors (Lipinski definition) is 2. The summed E-state index contributed by atoms with van der Waals surface area (Å²) in [6.45, 7) is 6.35. The van der Waals surface area contributed by atoms with Crippen LogP contribution in [-0.4, -0.2) is 43.0 Å². The highest BCUT2D eigenvalue weighted by Gasteiger charge is 2.36. The van der Waals surface area contributed by atoms with Crippen molar-refractivity contribution in [2.24, 2.45) is 17.6 Å². The van der Waals surface area contributed by atoms with Gasteiger partial charge < -0.3 is 11.1 Å². The summed E-state index contributed by atoms with van der Waals surface area (Å²) >= 11 is 0. The lowest BCUT2D eigenvalue weighted by molar-refractivity contribution is -0.121. The molecule has 0 aromatic carbocycles. The summed E-state index contributed by atoms with van der Waals surface area (Å²) in [5.74, 6) is 0.705. The molecule has 0 spiro atoms. The first-order valence-electron chi connectivity index (χ1n) is 5.96. The Morgan fingerprint density at radius 2 is 2.33 bits per heavy atom. The highest BCUT2D eigenvalue weighted by atomic mass is 16.1. The van der Waals surface area contributed by atoms with E-state index in [9.17, 15) is 4.79 Å². The first-order valence-corrected chi connectivity index (χ1v) is 5.96. The molecule has 3 atom stereocenters. The summed E-state index contributed by atoms with van der Waals surface area (Å²) in [6.07, 6.45) is 2.16. The summed E-state index contributed by atoms with van der Waals surface area (Å²) < 4.78 is 0. The van der Waals surface area contributed by atoms with Crippen molar-refractivity contribution in [2.75, 3.05) is 26.2 Å². The summed E-state index contributed by atoms with van der Waals surface area (Å²) in [5.41, 5.74) is 5.34. The fraction of sp³-hybridized carbons (Fsp3) is 0.909.